The molecule has 0 amide bonds. The molecule has 98 valence electrons. The van der Waals surface area contributed by atoms with Gasteiger partial charge in [0.2, 0.25) is 0 Å². The van der Waals surface area contributed by atoms with Crippen molar-refractivity contribution >= 4 is 8.25 Å². The van der Waals surface area contributed by atoms with E-state index in [0.29, 0.717) is 19.7 Å². The Bertz CT molecular complexity index is 183. The van der Waals surface area contributed by atoms with Gasteiger partial charge in [-0.3, -0.25) is 0 Å². The van der Waals surface area contributed by atoms with Gasteiger partial charge in [0.15, 0.2) is 0 Å². The summed E-state index contributed by atoms with van der Waals surface area (Å²) < 4.78 is 20.8. The quantitative estimate of drug-likeness (QED) is 0.168. The number of rotatable bonds is 12. The molecule has 17 heavy (non-hydrogen) atoms. The van der Waals surface area contributed by atoms with Crippen molar-refractivity contribution in [3.8, 4) is 0 Å². The molecule has 0 aliphatic carbocycles. The molecule has 0 aliphatic heterocycles. The summed E-state index contributed by atoms with van der Waals surface area (Å²) in [4.78, 5) is 0. The molecule has 1 unspecified atom stereocenters. The number of hydrogen-bond acceptors (Lipinski definition) is 6. The number of nitrogens with one attached hydrogen (secondary N) is 2. The van der Waals surface area contributed by atoms with Gasteiger partial charge in [-0.1, -0.05) is 19.8 Å². The topological polar surface area (TPSA) is 85.6 Å². The Morgan fingerprint density at radius 3 is 2.71 bits per heavy atom. The molecule has 6 nitrogen and oxygen atoms in total. The van der Waals surface area contributed by atoms with Gasteiger partial charge in [0, 0.05) is 30.7 Å². The first-order chi connectivity index (χ1) is 7.81. The van der Waals surface area contributed by atoms with Crippen LogP contribution in [-0.2, 0) is 13.7 Å². The van der Waals surface area contributed by atoms with Gasteiger partial charge in [-0.2, -0.15) is 0 Å². The molecule has 0 aromatic rings. The number of hydrogen-bond donors (Lipinski definition) is 3. The second-order valence-corrected chi connectivity index (χ2v) is 4.18. The van der Waals surface area contributed by atoms with Gasteiger partial charge in [-0.25, -0.2) is 0 Å². The van der Waals surface area contributed by atoms with Crippen LogP contribution < -0.4 is 67.9 Å². The summed E-state index contributed by atoms with van der Waals surface area (Å²) in [5.41, 5.74) is 7.86. The Morgan fingerprint density at radius 2 is 2.06 bits per heavy atom. The van der Waals surface area contributed by atoms with Gasteiger partial charge in [-0.15, -0.1) is 10.0 Å². The molecule has 0 aromatic carbocycles. The van der Waals surface area contributed by atoms with E-state index in [1.54, 1.807) is 0 Å². The van der Waals surface area contributed by atoms with E-state index in [4.69, 9.17) is 14.9 Å². The van der Waals surface area contributed by atoms with Crippen LogP contribution >= 0.6 is 8.25 Å². The largest absolute Gasteiger partial charge is 1.00 e. The van der Waals surface area contributed by atoms with E-state index < -0.39 is 8.25 Å². The van der Waals surface area contributed by atoms with Crippen LogP contribution in [0.2, 0.25) is 0 Å². The Morgan fingerprint density at radius 1 is 1.29 bits per heavy atom. The third-order valence-corrected chi connectivity index (χ3v) is 2.48. The van der Waals surface area contributed by atoms with Crippen molar-refractivity contribution in [3.05, 3.63) is 0 Å². The van der Waals surface area contributed by atoms with Crippen molar-refractivity contribution in [1.82, 2.24) is 10.8 Å². The number of unbranched alkanes of at least 4 members (excludes halogenated alkanes) is 2. The van der Waals surface area contributed by atoms with Crippen LogP contribution in [0.25, 0.3) is 0 Å². The summed E-state index contributed by atoms with van der Waals surface area (Å²) in [7, 11) is -2.04. The summed E-state index contributed by atoms with van der Waals surface area (Å²) in [6.07, 6.45) is 3.12. The molecule has 0 aliphatic rings. The predicted molar refractivity (Wildman–Crippen MR) is 65.2 cm³/mol. The Kier molecular flexibility index (Phi) is 21.5. The SMILES string of the molecule is CCCCCO[P+](=O)ONCCNCCN.[H-].[K+]. The van der Waals surface area contributed by atoms with Crippen LogP contribution in [0.15, 0.2) is 0 Å². The van der Waals surface area contributed by atoms with E-state index in [0.717, 1.165) is 32.4 Å². The molecule has 4 N–H and O–H groups in total. The zero-order valence-electron chi connectivity index (χ0n) is 11.9. The Hall–Kier alpha value is 1.54. The van der Waals surface area contributed by atoms with Gasteiger partial charge in [0.25, 0.3) is 0 Å². The third kappa shape index (κ3) is 17.5. The minimum Gasteiger partial charge on any atom is -1.00 e. The van der Waals surface area contributed by atoms with Crippen molar-refractivity contribution in [2.75, 3.05) is 32.8 Å². The minimum absolute atomic E-state index is 0. The molecule has 0 heterocycles. The van der Waals surface area contributed by atoms with E-state index in [2.05, 4.69) is 17.7 Å². The average molecular weight is 292 g/mol. The van der Waals surface area contributed by atoms with Crippen molar-refractivity contribution in [2.45, 2.75) is 26.2 Å². The summed E-state index contributed by atoms with van der Waals surface area (Å²) in [6, 6.07) is 0. The van der Waals surface area contributed by atoms with Crippen LogP contribution in [-0.4, -0.2) is 32.8 Å². The zero-order valence-corrected chi connectivity index (χ0v) is 14.9. The van der Waals surface area contributed by atoms with Crippen LogP contribution in [0.5, 0.6) is 0 Å². The van der Waals surface area contributed by atoms with Gasteiger partial charge in [0.1, 0.15) is 6.61 Å². The molecular formula is C9H24KN3O3P+. The smallest absolute Gasteiger partial charge is 1.00 e. The van der Waals surface area contributed by atoms with E-state index >= 15 is 0 Å². The standard InChI is InChI=1S/C9H23N3O3P.K.H/c1-2-3-4-9-14-16(13)15-12-8-7-11-6-5-10;;/h11-12H,2-10H2,1H3;;/q2*+1;-1. The monoisotopic (exact) mass is 292 g/mol. The molecule has 0 fully saturated rings. The van der Waals surface area contributed by atoms with Gasteiger partial charge >= 0.3 is 59.6 Å². The summed E-state index contributed by atoms with van der Waals surface area (Å²) in [6.45, 7) is 5.25. The molecular weight excluding hydrogens is 268 g/mol. The van der Waals surface area contributed by atoms with Crippen molar-refractivity contribution in [1.29, 1.82) is 0 Å². The van der Waals surface area contributed by atoms with E-state index in [1.165, 1.54) is 0 Å². The second kappa shape index (κ2) is 17.5. The first-order valence-electron chi connectivity index (χ1n) is 5.72. The molecule has 0 radical (unpaired) electrons. The van der Waals surface area contributed by atoms with E-state index in [1.807, 2.05) is 0 Å². The maximum atomic E-state index is 11.1. The van der Waals surface area contributed by atoms with Crippen molar-refractivity contribution < 1.29 is 66.5 Å². The maximum absolute atomic E-state index is 11.1. The molecule has 0 bridgehead atoms. The fraction of sp³-hybridized carbons (Fsp3) is 1.00. The molecule has 0 spiro atoms. The van der Waals surface area contributed by atoms with Crippen molar-refractivity contribution in [3.63, 3.8) is 0 Å². The fourth-order valence-electron chi connectivity index (χ4n) is 0.982. The number of nitrogens with two attached hydrogens (primary N) is 1. The third-order valence-electron chi connectivity index (χ3n) is 1.81. The van der Waals surface area contributed by atoms with Gasteiger partial charge in [0.05, 0.1) is 0 Å². The van der Waals surface area contributed by atoms with Crippen LogP contribution in [0.1, 0.15) is 27.6 Å². The summed E-state index contributed by atoms with van der Waals surface area (Å²) >= 11 is 0. The zero-order chi connectivity index (χ0) is 12.1. The van der Waals surface area contributed by atoms with Crippen LogP contribution in [0, 0.1) is 0 Å². The number of hydroxylamine groups is 1. The molecule has 8 heteroatoms. The first-order valence-corrected chi connectivity index (χ1v) is 6.81. The molecule has 0 rings (SSSR count). The fourth-order valence-corrected chi connectivity index (χ4v) is 1.51. The second-order valence-electron chi connectivity index (χ2n) is 3.29. The van der Waals surface area contributed by atoms with Gasteiger partial charge in [-0.05, 0) is 11.0 Å². The van der Waals surface area contributed by atoms with Gasteiger partial charge < -0.3 is 12.5 Å². The van der Waals surface area contributed by atoms with Crippen molar-refractivity contribution in [2.24, 2.45) is 5.73 Å². The molecule has 0 aromatic heterocycles. The molecule has 1 atom stereocenters. The van der Waals surface area contributed by atoms with E-state index in [9.17, 15) is 4.57 Å². The Labute approximate surface area is 149 Å². The average Bonchev–Trinajstić information content (AvgIpc) is 2.29. The van der Waals surface area contributed by atoms with Crippen LogP contribution in [0.4, 0.5) is 0 Å². The summed E-state index contributed by atoms with van der Waals surface area (Å²) in [5.74, 6) is 0. The minimum atomic E-state index is -2.04. The van der Waals surface area contributed by atoms with Crippen LogP contribution in [0.3, 0.4) is 0 Å². The normalized spacial score (nSPS) is 11.1. The molecule has 0 saturated heterocycles. The molecule has 0 saturated carbocycles. The summed E-state index contributed by atoms with van der Waals surface area (Å²) in [5, 5.41) is 3.07. The maximum Gasteiger partial charge on any atom is 1.00 e. The predicted octanol–water partition coefficient (Wildman–Crippen LogP) is -1.96. The van der Waals surface area contributed by atoms with E-state index in [-0.39, 0.29) is 52.8 Å². The Balaban J connectivity index is -0.00000112. The first kappa shape index (κ1) is 20.8.